The van der Waals surface area contributed by atoms with Crippen LogP contribution >= 0.6 is 22.7 Å². The highest BCUT2D eigenvalue weighted by molar-refractivity contribution is 7.14. The van der Waals surface area contributed by atoms with Gasteiger partial charge in [0.05, 0.1) is 12.3 Å². The molecule has 0 bridgehead atoms. The van der Waals surface area contributed by atoms with Crippen molar-refractivity contribution in [1.82, 2.24) is 10.3 Å². The van der Waals surface area contributed by atoms with Gasteiger partial charge in [0.25, 0.3) is 5.91 Å². The standard InChI is InChI=1S/C21H23N3O3S2/c1-2-11-27-17-7-5-15(6-8-17)18-14-29-21(23-18)24-19(25)4-3-10-22-20(26)16-9-12-28-13-16/h5-9,12-14H,2-4,10-11H2,1H3,(H,22,26)(H,23,24,25). The molecule has 3 rings (SSSR count). The molecular formula is C21H23N3O3S2. The molecular weight excluding hydrogens is 406 g/mol. The highest BCUT2D eigenvalue weighted by atomic mass is 32.1. The van der Waals surface area contributed by atoms with Crippen molar-refractivity contribution in [2.24, 2.45) is 0 Å². The van der Waals surface area contributed by atoms with E-state index in [1.54, 1.807) is 11.4 Å². The molecule has 0 aliphatic heterocycles. The number of rotatable bonds is 10. The number of nitrogens with one attached hydrogen (secondary N) is 2. The number of hydrogen-bond donors (Lipinski definition) is 2. The van der Waals surface area contributed by atoms with Crippen molar-refractivity contribution in [2.75, 3.05) is 18.5 Å². The Balaban J connectivity index is 1.42. The molecule has 1 aromatic carbocycles. The molecule has 0 saturated carbocycles. The summed E-state index contributed by atoms with van der Waals surface area (Å²) in [5.41, 5.74) is 2.44. The Morgan fingerprint density at radius 2 is 1.97 bits per heavy atom. The molecule has 6 nitrogen and oxygen atoms in total. The highest BCUT2D eigenvalue weighted by Crippen LogP contribution is 2.26. The summed E-state index contributed by atoms with van der Waals surface area (Å²) in [6.45, 7) is 3.22. The van der Waals surface area contributed by atoms with E-state index in [0.29, 0.717) is 36.7 Å². The monoisotopic (exact) mass is 429 g/mol. The summed E-state index contributed by atoms with van der Waals surface area (Å²) in [6, 6.07) is 9.54. The maximum Gasteiger partial charge on any atom is 0.252 e. The number of carbonyl (C=O) groups excluding carboxylic acids is 2. The molecule has 3 aromatic rings. The van der Waals surface area contributed by atoms with Gasteiger partial charge in [-0.15, -0.1) is 11.3 Å². The third-order valence-electron chi connectivity index (χ3n) is 4.02. The Kier molecular flexibility index (Phi) is 7.77. The van der Waals surface area contributed by atoms with Gasteiger partial charge in [-0.05, 0) is 48.6 Å². The van der Waals surface area contributed by atoms with Crippen LogP contribution in [0.4, 0.5) is 5.13 Å². The molecule has 29 heavy (non-hydrogen) atoms. The molecule has 0 unspecified atom stereocenters. The summed E-state index contributed by atoms with van der Waals surface area (Å²) in [6.07, 6.45) is 1.86. The van der Waals surface area contributed by atoms with Gasteiger partial charge in [-0.1, -0.05) is 6.92 Å². The van der Waals surface area contributed by atoms with E-state index in [-0.39, 0.29) is 11.8 Å². The van der Waals surface area contributed by atoms with Crippen molar-refractivity contribution < 1.29 is 14.3 Å². The quantitative estimate of drug-likeness (QED) is 0.453. The lowest BCUT2D eigenvalue weighted by Gasteiger charge is -2.05. The normalized spacial score (nSPS) is 10.5. The minimum atomic E-state index is -0.112. The van der Waals surface area contributed by atoms with E-state index in [4.69, 9.17) is 4.74 Å². The lowest BCUT2D eigenvalue weighted by molar-refractivity contribution is -0.116. The van der Waals surface area contributed by atoms with Gasteiger partial charge in [-0.3, -0.25) is 9.59 Å². The minimum Gasteiger partial charge on any atom is -0.494 e. The largest absolute Gasteiger partial charge is 0.494 e. The third-order valence-corrected chi connectivity index (χ3v) is 5.46. The second-order valence-corrected chi connectivity index (χ2v) is 7.97. The lowest BCUT2D eigenvalue weighted by atomic mass is 10.2. The maximum absolute atomic E-state index is 12.1. The van der Waals surface area contributed by atoms with Crippen LogP contribution in [0.25, 0.3) is 11.3 Å². The SMILES string of the molecule is CCCOc1ccc(-c2csc(NC(=O)CCCNC(=O)c3ccsc3)n2)cc1. The number of aromatic nitrogens is 1. The first-order valence-corrected chi connectivity index (χ1v) is 11.3. The van der Waals surface area contributed by atoms with Crippen LogP contribution in [0.5, 0.6) is 5.75 Å². The van der Waals surface area contributed by atoms with Crippen LogP contribution in [0.15, 0.2) is 46.5 Å². The molecule has 2 amide bonds. The van der Waals surface area contributed by atoms with E-state index in [9.17, 15) is 9.59 Å². The van der Waals surface area contributed by atoms with Crippen molar-refractivity contribution in [3.05, 3.63) is 52.0 Å². The Morgan fingerprint density at radius 3 is 2.69 bits per heavy atom. The highest BCUT2D eigenvalue weighted by Gasteiger charge is 2.09. The van der Waals surface area contributed by atoms with Crippen LogP contribution in [0.1, 0.15) is 36.5 Å². The van der Waals surface area contributed by atoms with Crippen molar-refractivity contribution in [1.29, 1.82) is 0 Å². The fraction of sp³-hybridized carbons (Fsp3) is 0.286. The smallest absolute Gasteiger partial charge is 0.252 e. The predicted molar refractivity (Wildman–Crippen MR) is 118 cm³/mol. The van der Waals surface area contributed by atoms with E-state index in [1.165, 1.54) is 22.7 Å². The Hall–Kier alpha value is -2.71. The van der Waals surface area contributed by atoms with Crippen molar-refractivity contribution >= 4 is 39.6 Å². The molecule has 0 radical (unpaired) electrons. The van der Waals surface area contributed by atoms with Gasteiger partial charge in [-0.2, -0.15) is 11.3 Å². The number of carbonyl (C=O) groups is 2. The van der Waals surface area contributed by atoms with E-state index >= 15 is 0 Å². The van der Waals surface area contributed by atoms with Crippen molar-refractivity contribution in [3.8, 4) is 17.0 Å². The van der Waals surface area contributed by atoms with E-state index in [1.807, 2.05) is 35.0 Å². The zero-order valence-corrected chi connectivity index (χ0v) is 17.8. The Labute approximate surface area is 178 Å². The summed E-state index contributed by atoms with van der Waals surface area (Å²) in [5.74, 6) is 0.617. The zero-order chi connectivity index (χ0) is 20.5. The van der Waals surface area contributed by atoms with Crippen LogP contribution in [-0.4, -0.2) is 29.9 Å². The predicted octanol–water partition coefficient (Wildman–Crippen LogP) is 4.81. The van der Waals surface area contributed by atoms with Crippen LogP contribution < -0.4 is 15.4 Å². The Morgan fingerprint density at radius 1 is 1.14 bits per heavy atom. The molecule has 2 N–H and O–H groups in total. The number of ether oxygens (including phenoxy) is 1. The van der Waals surface area contributed by atoms with Gasteiger partial charge in [-0.25, -0.2) is 4.98 Å². The molecule has 0 fully saturated rings. The first kappa shape index (κ1) is 21.0. The van der Waals surface area contributed by atoms with Crippen LogP contribution in [0.3, 0.4) is 0 Å². The van der Waals surface area contributed by atoms with E-state index in [0.717, 1.165) is 23.4 Å². The first-order chi connectivity index (χ1) is 14.2. The number of benzene rings is 1. The number of anilines is 1. The summed E-state index contributed by atoms with van der Waals surface area (Å²) in [4.78, 5) is 28.4. The summed E-state index contributed by atoms with van der Waals surface area (Å²) in [7, 11) is 0. The molecule has 0 aliphatic rings. The summed E-state index contributed by atoms with van der Waals surface area (Å²) < 4.78 is 5.59. The molecule has 0 atom stereocenters. The molecule has 152 valence electrons. The molecule has 0 saturated heterocycles. The van der Waals surface area contributed by atoms with Crippen LogP contribution in [-0.2, 0) is 4.79 Å². The average Bonchev–Trinajstić information content (AvgIpc) is 3.42. The minimum absolute atomic E-state index is 0.109. The van der Waals surface area contributed by atoms with Gasteiger partial charge in [0.1, 0.15) is 5.75 Å². The molecule has 0 spiro atoms. The van der Waals surface area contributed by atoms with Crippen LogP contribution in [0, 0.1) is 0 Å². The fourth-order valence-corrected chi connectivity index (χ4v) is 3.91. The molecule has 2 aromatic heterocycles. The van der Waals surface area contributed by atoms with Gasteiger partial charge < -0.3 is 15.4 Å². The fourth-order valence-electron chi connectivity index (χ4n) is 2.53. The van der Waals surface area contributed by atoms with Gasteiger partial charge in [0.2, 0.25) is 5.91 Å². The number of thiazole rings is 1. The average molecular weight is 430 g/mol. The van der Waals surface area contributed by atoms with Crippen LogP contribution in [0.2, 0.25) is 0 Å². The summed E-state index contributed by atoms with van der Waals surface area (Å²) in [5, 5.41) is 11.8. The maximum atomic E-state index is 12.1. The second kappa shape index (κ2) is 10.7. The number of hydrogen-bond acceptors (Lipinski definition) is 6. The number of thiophene rings is 1. The van der Waals surface area contributed by atoms with Gasteiger partial charge in [0.15, 0.2) is 5.13 Å². The van der Waals surface area contributed by atoms with Crippen molar-refractivity contribution in [2.45, 2.75) is 26.2 Å². The molecule has 8 heteroatoms. The third kappa shape index (κ3) is 6.40. The summed E-state index contributed by atoms with van der Waals surface area (Å²) >= 11 is 2.87. The van der Waals surface area contributed by atoms with Gasteiger partial charge >= 0.3 is 0 Å². The van der Waals surface area contributed by atoms with E-state index < -0.39 is 0 Å². The Bertz CT molecular complexity index is 921. The van der Waals surface area contributed by atoms with E-state index in [2.05, 4.69) is 22.5 Å². The zero-order valence-electron chi connectivity index (χ0n) is 16.1. The first-order valence-electron chi connectivity index (χ1n) is 9.44. The number of nitrogens with zero attached hydrogens (tertiary/aromatic N) is 1. The number of amides is 2. The molecule has 0 aliphatic carbocycles. The lowest BCUT2D eigenvalue weighted by Crippen LogP contribution is -2.25. The van der Waals surface area contributed by atoms with Crippen molar-refractivity contribution in [3.63, 3.8) is 0 Å². The topological polar surface area (TPSA) is 80.3 Å². The molecule has 2 heterocycles. The second-order valence-electron chi connectivity index (χ2n) is 6.33. The van der Waals surface area contributed by atoms with Gasteiger partial charge in [0, 0.05) is 34.9 Å².